The minimum absolute atomic E-state index is 0.118. The largest absolute Gasteiger partial charge is 0.497 e. The summed E-state index contributed by atoms with van der Waals surface area (Å²) in [7, 11) is 1.63. The van der Waals surface area contributed by atoms with Gasteiger partial charge in [0.05, 0.1) is 12.7 Å². The molecular formula is C17H18FNO2. The maximum Gasteiger partial charge on any atom is 0.164 e. The van der Waals surface area contributed by atoms with Gasteiger partial charge in [-0.15, -0.1) is 0 Å². The maximum atomic E-state index is 13.7. The predicted octanol–water partition coefficient (Wildman–Crippen LogP) is 3.69. The third kappa shape index (κ3) is 3.81. The Labute approximate surface area is 123 Å². The first-order valence-electron chi connectivity index (χ1n) is 6.78. The van der Waals surface area contributed by atoms with Crippen molar-refractivity contribution in [2.24, 2.45) is 0 Å². The summed E-state index contributed by atoms with van der Waals surface area (Å²) in [5.74, 6) is 0.0488. The zero-order chi connectivity index (χ0) is 15.2. The van der Waals surface area contributed by atoms with Crippen LogP contribution in [0.5, 0.6) is 5.75 Å². The van der Waals surface area contributed by atoms with Gasteiger partial charge in [0.25, 0.3) is 0 Å². The fourth-order valence-electron chi connectivity index (χ4n) is 2.16. The summed E-state index contributed by atoms with van der Waals surface area (Å²) in [4.78, 5) is 11.5. The predicted molar refractivity (Wildman–Crippen MR) is 81.6 cm³/mol. The van der Waals surface area contributed by atoms with Crippen LogP contribution in [-0.2, 0) is 6.42 Å². The van der Waals surface area contributed by atoms with Gasteiger partial charge in [0.2, 0.25) is 0 Å². The number of hydrogen-bond acceptors (Lipinski definition) is 3. The fraction of sp³-hybridized carbons (Fsp3) is 0.235. The molecule has 0 amide bonds. The molecule has 0 saturated carbocycles. The minimum Gasteiger partial charge on any atom is -0.497 e. The molecule has 0 unspecified atom stereocenters. The summed E-state index contributed by atoms with van der Waals surface area (Å²) < 4.78 is 18.8. The molecule has 0 spiro atoms. The average Bonchev–Trinajstić information content (AvgIpc) is 2.47. The number of methoxy groups -OCH3 is 1. The van der Waals surface area contributed by atoms with Crippen molar-refractivity contribution < 1.29 is 13.9 Å². The molecule has 2 aromatic carbocycles. The van der Waals surface area contributed by atoms with Crippen LogP contribution in [0.1, 0.15) is 22.8 Å². The van der Waals surface area contributed by atoms with Gasteiger partial charge >= 0.3 is 0 Å². The molecule has 0 aromatic heterocycles. The molecule has 0 heterocycles. The Morgan fingerprint density at radius 2 is 1.90 bits per heavy atom. The molecule has 21 heavy (non-hydrogen) atoms. The molecule has 0 aliphatic rings. The van der Waals surface area contributed by atoms with Crippen LogP contribution < -0.4 is 10.1 Å². The molecule has 110 valence electrons. The molecule has 0 atom stereocenters. The summed E-state index contributed by atoms with van der Waals surface area (Å²) >= 11 is 0. The molecule has 1 N–H and O–H groups in total. The van der Waals surface area contributed by atoms with Crippen molar-refractivity contribution in [1.29, 1.82) is 0 Å². The highest BCUT2D eigenvalue weighted by molar-refractivity contribution is 5.99. The van der Waals surface area contributed by atoms with Crippen LogP contribution in [0.25, 0.3) is 0 Å². The maximum absolute atomic E-state index is 13.7. The number of rotatable bonds is 6. The second kappa shape index (κ2) is 6.88. The highest BCUT2D eigenvalue weighted by Gasteiger charge is 2.12. The van der Waals surface area contributed by atoms with Crippen LogP contribution in [-0.4, -0.2) is 19.4 Å². The van der Waals surface area contributed by atoms with Crippen LogP contribution in [0, 0.1) is 5.82 Å². The van der Waals surface area contributed by atoms with Crippen molar-refractivity contribution in [2.75, 3.05) is 19.0 Å². The van der Waals surface area contributed by atoms with E-state index in [1.807, 2.05) is 24.3 Å². The number of anilines is 1. The van der Waals surface area contributed by atoms with E-state index < -0.39 is 5.82 Å². The lowest BCUT2D eigenvalue weighted by Gasteiger charge is -2.11. The van der Waals surface area contributed by atoms with Crippen molar-refractivity contribution in [1.82, 2.24) is 0 Å². The molecule has 0 aliphatic carbocycles. The van der Waals surface area contributed by atoms with Crippen LogP contribution in [0.4, 0.5) is 10.1 Å². The summed E-state index contributed by atoms with van der Waals surface area (Å²) in [6, 6.07) is 12.4. The van der Waals surface area contributed by atoms with Gasteiger partial charge in [-0.1, -0.05) is 18.2 Å². The second-order valence-corrected chi connectivity index (χ2v) is 4.74. The van der Waals surface area contributed by atoms with Gasteiger partial charge in [0, 0.05) is 12.2 Å². The smallest absolute Gasteiger partial charge is 0.164 e. The number of carbonyl (C=O) groups excluding carboxylic acids is 1. The summed E-state index contributed by atoms with van der Waals surface area (Å²) in [6.45, 7) is 1.99. The van der Waals surface area contributed by atoms with Gasteiger partial charge in [0.15, 0.2) is 5.78 Å². The van der Waals surface area contributed by atoms with Crippen molar-refractivity contribution >= 4 is 11.5 Å². The Balaban J connectivity index is 2.00. The van der Waals surface area contributed by atoms with Crippen molar-refractivity contribution in [2.45, 2.75) is 13.3 Å². The van der Waals surface area contributed by atoms with Gasteiger partial charge in [-0.05, 0) is 43.2 Å². The molecule has 0 fully saturated rings. The van der Waals surface area contributed by atoms with E-state index in [-0.39, 0.29) is 11.3 Å². The lowest BCUT2D eigenvalue weighted by molar-refractivity contribution is 0.101. The average molecular weight is 287 g/mol. The number of hydrogen-bond donors (Lipinski definition) is 1. The standard InChI is InChI=1S/C17H18FNO2/c1-12(20)17-15(18)4-3-5-16(17)19-11-10-13-6-8-14(21-2)9-7-13/h3-9,19H,10-11H2,1-2H3. The minimum atomic E-state index is -0.489. The first-order chi connectivity index (χ1) is 10.1. The molecule has 0 saturated heterocycles. The van der Waals surface area contributed by atoms with Crippen molar-refractivity contribution in [3.05, 3.63) is 59.4 Å². The van der Waals surface area contributed by atoms with E-state index in [1.54, 1.807) is 19.2 Å². The molecule has 0 aliphatic heterocycles. The van der Waals surface area contributed by atoms with Crippen LogP contribution in [0.15, 0.2) is 42.5 Å². The Bertz CT molecular complexity index is 623. The number of nitrogens with one attached hydrogen (secondary N) is 1. The monoisotopic (exact) mass is 287 g/mol. The summed E-state index contributed by atoms with van der Waals surface area (Å²) in [5, 5.41) is 3.12. The lowest BCUT2D eigenvalue weighted by Crippen LogP contribution is -2.10. The van der Waals surface area contributed by atoms with E-state index in [0.717, 1.165) is 17.7 Å². The molecule has 2 rings (SSSR count). The van der Waals surface area contributed by atoms with E-state index in [0.29, 0.717) is 12.2 Å². The number of ether oxygens (including phenoxy) is 1. The Morgan fingerprint density at radius 1 is 1.19 bits per heavy atom. The van der Waals surface area contributed by atoms with Gasteiger partial charge in [-0.3, -0.25) is 4.79 Å². The zero-order valence-electron chi connectivity index (χ0n) is 12.2. The molecule has 0 bridgehead atoms. The highest BCUT2D eigenvalue weighted by atomic mass is 19.1. The van der Waals surface area contributed by atoms with Crippen molar-refractivity contribution in [3.8, 4) is 5.75 Å². The number of halogens is 1. The van der Waals surface area contributed by atoms with E-state index in [9.17, 15) is 9.18 Å². The summed E-state index contributed by atoms with van der Waals surface area (Å²) in [5.41, 5.74) is 1.80. The molecule has 4 heteroatoms. The quantitative estimate of drug-likeness (QED) is 0.823. The van der Waals surface area contributed by atoms with E-state index in [2.05, 4.69) is 5.32 Å². The first-order valence-corrected chi connectivity index (χ1v) is 6.78. The Morgan fingerprint density at radius 3 is 2.52 bits per heavy atom. The zero-order valence-corrected chi connectivity index (χ0v) is 12.2. The van der Waals surface area contributed by atoms with Gasteiger partial charge in [-0.25, -0.2) is 4.39 Å². The van der Waals surface area contributed by atoms with Gasteiger partial charge in [-0.2, -0.15) is 0 Å². The SMILES string of the molecule is COc1ccc(CCNc2cccc(F)c2C(C)=O)cc1. The van der Waals surface area contributed by atoms with E-state index in [4.69, 9.17) is 4.74 Å². The number of carbonyl (C=O) groups is 1. The third-order valence-corrected chi connectivity index (χ3v) is 3.25. The fourth-order valence-corrected chi connectivity index (χ4v) is 2.16. The van der Waals surface area contributed by atoms with Gasteiger partial charge < -0.3 is 10.1 Å². The lowest BCUT2D eigenvalue weighted by atomic mass is 10.1. The van der Waals surface area contributed by atoms with E-state index >= 15 is 0 Å². The third-order valence-electron chi connectivity index (χ3n) is 3.25. The highest BCUT2D eigenvalue weighted by Crippen LogP contribution is 2.19. The summed E-state index contributed by atoms with van der Waals surface area (Å²) in [6.07, 6.45) is 0.776. The second-order valence-electron chi connectivity index (χ2n) is 4.74. The molecular weight excluding hydrogens is 269 g/mol. The van der Waals surface area contributed by atoms with E-state index in [1.165, 1.54) is 13.0 Å². The topological polar surface area (TPSA) is 38.3 Å². The molecule has 2 aromatic rings. The Kier molecular flexibility index (Phi) is 4.93. The number of ketones is 1. The molecule has 3 nitrogen and oxygen atoms in total. The van der Waals surface area contributed by atoms with Crippen LogP contribution in [0.2, 0.25) is 0 Å². The van der Waals surface area contributed by atoms with Gasteiger partial charge in [0.1, 0.15) is 11.6 Å². The van der Waals surface area contributed by atoms with Crippen LogP contribution >= 0.6 is 0 Å². The first kappa shape index (κ1) is 15.0. The normalized spacial score (nSPS) is 10.2. The molecule has 0 radical (unpaired) electrons. The van der Waals surface area contributed by atoms with Crippen molar-refractivity contribution in [3.63, 3.8) is 0 Å². The van der Waals surface area contributed by atoms with Crippen LogP contribution in [0.3, 0.4) is 0 Å². The number of Topliss-reactive ketones (excluding diaryl/α,β-unsaturated/α-hetero) is 1. The number of benzene rings is 2. The Hall–Kier alpha value is -2.36.